The summed E-state index contributed by atoms with van der Waals surface area (Å²) >= 11 is 5.24. The highest BCUT2D eigenvalue weighted by molar-refractivity contribution is 7.71. The number of ether oxygens (including phenoxy) is 2. The Morgan fingerprint density at radius 1 is 1.20 bits per heavy atom. The number of benzene rings is 1. The van der Waals surface area contributed by atoms with E-state index in [9.17, 15) is 0 Å². The first-order valence-corrected chi connectivity index (χ1v) is 9.20. The first-order chi connectivity index (χ1) is 12.2. The fourth-order valence-corrected chi connectivity index (χ4v) is 2.47. The lowest BCUT2D eigenvalue weighted by Crippen LogP contribution is -2.02. The van der Waals surface area contributed by atoms with Gasteiger partial charge in [0.25, 0.3) is 0 Å². The van der Waals surface area contributed by atoms with Crippen LogP contribution in [0.1, 0.15) is 51.4 Å². The molecule has 1 heterocycles. The lowest BCUT2D eigenvalue weighted by atomic mass is 10.2. The highest BCUT2D eigenvalue weighted by atomic mass is 32.1. The van der Waals surface area contributed by atoms with Gasteiger partial charge in [-0.25, -0.2) is 0 Å². The molecule has 0 aliphatic heterocycles. The minimum Gasteiger partial charge on any atom is -0.490 e. The van der Waals surface area contributed by atoms with E-state index in [2.05, 4.69) is 29.1 Å². The molecule has 7 heteroatoms. The minimum atomic E-state index is 0.490. The predicted octanol–water partition coefficient (Wildman–Crippen LogP) is 4.35. The Morgan fingerprint density at radius 2 is 2.04 bits per heavy atom. The average molecular weight is 362 g/mol. The number of aromatic nitrogens is 3. The van der Waals surface area contributed by atoms with Crippen LogP contribution in [0, 0.1) is 4.77 Å². The number of nitrogens with one attached hydrogen (secondary N) is 1. The van der Waals surface area contributed by atoms with Gasteiger partial charge in [-0.1, -0.05) is 20.3 Å². The van der Waals surface area contributed by atoms with E-state index in [1.54, 1.807) is 10.9 Å². The van der Waals surface area contributed by atoms with E-state index in [1.165, 1.54) is 0 Å². The summed E-state index contributed by atoms with van der Waals surface area (Å²) < 4.78 is 13.6. The van der Waals surface area contributed by atoms with Crippen LogP contribution in [0.3, 0.4) is 0 Å². The molecule has 6 nitrogen and oxygen atoms in total. The fourth-order valence-electron chi connectivity index (χ4n) is 2.27. The van der Waals surface area contributed by atoms with Crippen molar-refractivity contribution in [1.29, 1.82) is 0 Å². The van der Waals surface area contributed by atoms with Crippen LogP contribution in [0.15, 0.2) is 23.3 Å². The molecule has 136 valence electrons. The van der Waals surface area contributed by atoms with Crippen molar-refractivity contribution in [2.24, 2.45) is 5.10 Å². The van der Waals surface area contributed by atoms with Gasteiger partial charge in [-0.2, -0.15) is 14.9 Å². The van der Waals surface area contributed by atoms with Gasteiger partial charge in [0.2, 0.25) is 4.77 Å². The van der Waals surface area contributed by atoms with Crippen molar-refractivity contribution < 1.29 is 9.47 Å². The average Bonchev–Trinajstić information content (AvgIpc) is 2.95. The van der Waals surface area contributed by atoms with Crippen molar-refractivity contribution in [3.8, 4) is 11.5 Å². The third-order valence-electron chi connectivity index (χ3n) is 3.54. The molecule has 2 rings (SSSR count). The van der Waals surface area contributed by atoms with Gasteiger partial charge in [0.15, 0.2) is 17.3 Å². The van der Waals surface area contributed by atoms with E-state index >= 15 is 0 Å². The molecule has 0 spiro atoms. The molecular formula is C18H26N4O2S. The third kappa shape index (κ3) is 5.42. The Morgan fingerprint density at radius 3 is 2.76 bits per heavy atom. The predicted molar refractivity (Wildman–Crippen MR) is 102 cm³/mol. The summed E-state index contributed by atoms with van der Waals surface area (Å²) in [4.78, 5) is 0. The number of hydrogen-bond donors (Lipinski definition) is 1. The number of nitrogens with zero attached hydrogens (tertiary/aromatic N) is 3. The maximum absolute atomic E-state index is 5.80. The maximum Gasteiger partial charge on any atom is 0.216 e. The van der Waals surface area contributed by atoms with Gasteiger partial charge in [0.05, 0.1) is 19.4 Å². The van der Waals surface area contributed by atoms with Crippen LogP contribution in [0.5, 0.6) is 11.5 Å². The molecule has 0 radical (unpaired) electrons. The van der Waals surface area contributed by atoms with Gasteiger partial charge in [-0.3, -0.25) is 5.10 Å². The lowest BCUT2D eigenvalue weighted by Gasteiger charge is -2.12. The highest BCUT2D eigenvalue weighted by Gasteiger charge is 2.07. The lowest BCUT2D eigenvalue weighted by molar-refractivity contribution is 0.272. The second-order valence-electron chi connectivity index (χ2n) is 5.59. The molecule has 0 fully saturated rings. The number of rotatable bonds is 10. The topological polar surface area (TPSA) is 64.4 Å². The van der Waals surface area contributed by atoms with Gasteiger partial charge in [0, 0.05) is 6.42 Å². The number of H-pyrrole nitrogens is 1. The zero-order valence-corrected chi connectivity index (χ0v) is 15.9. The van der Waals surface area contributed by atoms with Crippen LogP contribution in [-0.4, -0.2) is 34.3 Å². The van der Waals surface area contributed by atoms with Crippen molar-refractivity contribution in [2.45, 2.75) is 46.5 Å². The first kappa shape index (κ1) is 19.2. The van der Waals surface area contributed by atoms with Gasteiger partial charge in [-0.15, -0.1) is 0 Å². The van der Waals surface area contributed by atoms with Gasteiger partial charge in [-0.05, 0) is 55.7 Å². The standard InChI is InChI=1S/C18H26N4O2S/c1-4-7-11-24-15-10-9-14(12-16(15)23-6-3)13-19-22-17(8-5-2)20-21-18(22)25/h9-10,12-13H,4-8,11H2,1-3H3,(H,21,25)/b19-13-. The third-order valence-corrected chi connectivity index (χ3v) is 3.80. The molecule has 0 amide bonds. The molecule has 2 aromatic rings. The molecule has 0 aliphatic rings. The van der Waals surface area contributed by atoms with Crippen molar-refractivity contribution in [1.82, 2.24) is 14.9 Å². The second kappa shape index (κ2) is 9.98. The zero-order valence-electron chi connectivity index (χ0n) is 15.1. The van der Waals surface area contributed by atoms with Gasteiger partial charge >= 0.3 is 0 Å². The molecule has 0 unspecified atom stereocenters. The zero-order chi connectivity index (χ0) is 18.1. The van der Waals surface area contributed by atoms with E-state index < -0.39 is 0 Å². The van der Waals surface area contributed by atoms with Crippen molar-refractivity contribution in [2.75, 3.05) is 13.2 Å². The Kier molecular flexibility index (Phi) is 7.66. The molecule has 25 heavy (non-hydrogen) atoms. The van der Waals surface area contributed by atoms with E-state index in [1.807, 2.05) is 25.1 Å². The molecule has 1 aromatic heterocycles. The quantitative estimate of drug-likeness (QED) is 0.388. The summed E-state index contributed by atoms with van der Waals surface area (Å²) in [6.45, 7) is 7.46. The molecule has 0 atom stereocenters. The molecule has 0 bridgehead atoms. The molecule has 0 saturated carbocycles. The Labute approximate surface area is 153 Å². The van der Waals surface area contributed by atoms with Crippen molar-refractivity contribution in [3.63, 3.8) is 0 Å². The Hall–Kier alpha value is -2.15. The molecule has 1 N–H and O–H groups in total. The number of unbranched alkanes of at least 4 members (excludes halogenated alkanes) is 1. The summed E-state index contributed by atoms with van der Waals surface area (Å²) in [5, 5.41) is 11.5. The minimum absolute atomic E-state index is 0.490. The van der Waals surface area contributed by atoms with Gasteiger partial charge in [0.1, 0.15) is 0 Å². The fraction of sp³-hybridized carbons (Fsp3) is 0.500. The molecule has 1 aromatic carbocycles. The molecule has 0 saturated heterocycles. The second-order valence-corrected chi connectivity index (χ2v) is 5.98. The summed E-state index contributed by atoms with van der Waals surface area (Å²) in [5.41, 5.74) is 0.914. The maximum atomic E-state index is 5.80. The van der Waals surface area contributed by atoms with Crippen LogP contribution < -0.4 is 9.47 Å². The Bertz CT molecular complexity index is 752. The van der Waals surface area contributed by atoms with Crippen molar-refractivity contribution >= 4 is 18.4 Å². The number of aromatic amines is 1. The summed E-state index contributed by atoms with van der Waals surface area (Å²) in [6.07, 6.45) is 5.67. The SMILES string of the molecule is CCCCOc1ccc(/C=N\n2c(CCC)n[nH]c2=S)cc1OCC. The van der Waals surface area contributed by atoms with E-state index in [-0.39, 0.29) is 0 Å². The Balaban J connectivity index is 2.20. The van der Waals surface area contributed by atoms with Crippen LogP contribution in [0.25, 0.3) is 0 Å². The van der Waals surface area contributed by atoms with Crippen LogP contribution in [0.4, 0.5) is 0 Å². The van der Waals surface area contributed by atoms with Gasteiger partial charge < -0.3 is 9.47 Å². The van der Waals surface area contributed by atoms with E-state index in [0.717, 1.165) is 48.6 Å². The molecular weight excluding hydrogens is 336 g/mol. The van der Waals surface area contributed by atoms with Crippen LogP contribution >= 0.6 is 12.2 Å². The number of hydrogen-bond acceptors (Lipinski definition) is 5. The van der Waals surface area contributed by atoms with E-state index in [0.29, 0.717) is 18.0 Å². The van der Waals surface area contributed by atoms with Crippen LogP contribution in [0.2, 0.25) is 0 Å². The summed E-state index contributed by atoms with van der Waals surface area (Å²) in [7, 11) is 0. The van der Waals surface area contributed by atoms with Crippen molar-refractivity contribution in [3.05, 3.63) is 34.4 Å². The van der Waals surface area contributed by atoms with Crippen LogP contribution in [-0.2, 0) is 6.42 Å². The summed E-state index contributed by atoms with van der Waals surface area (Å²) in [5.74, 6) is 2.32. The number of aryl methyl sites for hydroxylation is 1. The monoisotopic (exact) mass is 362 g/mol. The summed E-state index contributed by atoms with van der Waals surface area (Å²) in [6, 6.07) is 5.80. The molecule has 0 aliphatic carbocycles. The largest absolute Gasteiger partial charge is 0.490 e. The highest BCUT2D eigenvalue weighted by Crippen LogP contribution is 2.28. The first-order valence-electron chi connectivity index (χ1n) is 8.79. The van der Waals surface area contributed by atoms with E-state index in [4.69, 9.17) is 21.7 Å². The normalized spacial score (nSPS) is 11.2. The smallest absolute Gasteiger partial charge is 0.216 e.